The van der Waals surface area contributed by atoms with E-state index in [2.05, 4.69) is 6.08 Å². The van der Waals surface area contributed by atoms with Crippen LogP contribution in [-0.4, -0.2) is 56.7 Å². The van der Waals surface area contributed by atoms with Crippen LogP contribution in [0.3, 0.4) is 0 Å². The van der Waals surface area contributed by atoms with E-state index in [1.54, 1.807) is 4.90 Å². The van der Waals surface area contributed by atoms with E-state index in [9.17, 15) is 13.2 Å². The van der Waals surface area contributed by atoms with Crippen LogP contribution >= 0.6 is 0 Å². The number of benzene rings is 1. The summed E-state index contributed by atoms with van der Waals surface area (Å²) in [5.41, 5.74) is 1.80. The smallest absolute Gasteiger partial charge is 0.410 e. The molecule has 6 nitrogen and oxygen atoms in total. The lowest BCUT2D eigenvalue weighted by molar-refractivity contribution is 0.0270. The first-order valence-corrected chi connectivity index (χ1v) is 11.2. The summed E-state index contributed by atoms with van der Waals surface area (Å²) in [4.78, 5) is 13.8. The number of amides is 1. The molecule has 1 aliphatic rings. The quantitative estimate of drug-likeness (QED) is 0.689. The minimum absolute atomic E-state index is 0.131. The zero-order valence-electron chi connectivity index (χ0n) is 16.5. The molecule has 0 atom stereocenters. The predicted octanol–water partition coefficient (Wildman–Crippen LogP) is 3.52. The van der Waals surface area contributed by atoms with Crippen molar-refractivity contribution in [3.05, 3.63) is 35.9 Å². The Bertz CT molecular complexity index is 776. The Balaban J connectivity index is 1.86. The molecule has 0 aliphatic carbocycles. The van der Waals surface area contributed by atoms with Gasteiger partial charge in [-0.1, -0.05) is 18.2 Å². The Hall–Kier alpha value is -2.02. The molecule has 1 aromatic rings. The molecular weight excluding hydrogens is 366 g/mol. The Morgan fingerprint density at radius 1 is 1.19 bits per heavy atom. The zero-order chi connectivity index (χ0) is 20.1. The molecule has 0 bridgehead atoms. The molecule has 1 aromatic carbocycles. The third-order valence-corrected chi connectivity index (χ3v) is 5.04. The van der Waals surface area contributed by atoms with Crippen molar-refractivity contribution in [1.82, 2.24) is 4.90 Å². The van der Waals surface area contributed by atoms with Crippen LogP contribution in [0, 0.1) is 0 Å². The van der Waals surface area contributed by atoms with E-state index in [1.807, 2.05) is 45.0 Å². The fourth-order valence-electron chi connectivity index (χ4n) is 2.70. The molecule has 27 heavy (non-hydrogen) atoms. The van der Waals surface area contributed by atoms with Gasteiger partial charge in [-0.05, 0) is 56.9 Å². The van der Waals surface area contributed by atoms with Crippen LogP contribution in [0.15, 0.2) is 30.3 Å². The van der Waals surface area contributed by atoms with Gasteiger partial charge >= 0.3 is 6.09 Å². The Labute approximate surface area is 162 Å². The van der Waals surface area contributed by atoms with Gasteiger partial charge in [-0.15, -0.1) is 0 Å². The molecule has 0 radical (unpaired) electrons. The number of hydrogen-bond donors (Lipinski definition) is 0. The van der Waals surface area contributed by atoms with Gasteiger partial charge in [-0.25, -0.2) is 13.2 Å². The molecular formula is C20H29NO5S. The van der Waals surface area contributed by atoms with Crippen LogP contribution in [0.5, 0.6) is 5.75 Å². The second-order valence-corrected chi connectivity index (χ2v) is 10.0. The average molecular weight is 396 g/mol. The van der Waals surface area contributed by atoms with Gasteiger partial charge in [-0.3, -0.25) is 0 Å². The van der Waals surface area contributed by atoms with E-state index in [1.165, 1.54) is 11.8 Å². The molecule has 0 saturated heterocycles. The summed E-state index contributed by atoms with van der Waals surface area (Å²) in [7, 11) is -2.95. The van der Waals surface area contributed by atoms with Gasteiger partial charge in [0.1, 0.15) is 21.2 Å². The first-order chi connectivity index (χ1) is 12.5. The predicted molar refractivity (Wildman–Crippen MR) is 107 cm³/mol. The van der Waals surface area contributed by atoms with Crippen molar-refractivity contribution < 1.29 is 22.7 Å². The number of carbonyl (C=O) groups is 1. The minimum Gasteiger partial charge on any atom is -0.494 e. The minimum atomic E-state index is -2.95. The lowest BCUT2D eigenvalue weighted by atomic mass is 9.99. The highest BCUT2D eigenvalue weighted by atomic mass is 32.2. The molecule has 1 aliphatic heterocycles. The standard InChI is InChI=1S/C20H29NO5S/c1-20(2,3)26-19(22)21-12-10-17(11-13-21)16-6-8-18(9-7-16)25-14-5-15-27(4,23)24/h6-10H,5,11-15H2,1-4H3. The largest absolute Gasteiger partial charge is 0.494 e. The summed E-state index contributed by atoms with van der Waals surface area (Å²) in [6.45, 7) is 7.13. The molecule has 0 unspecified atom stereocenters. The van der Waals surface area contributed by atoms with Crippen LogP contribution in [0.1, 0.15) is 39.2 Å². The number of nitrogens with zero attached hydrogens (tertiary/aromatic N) is 1. The number of sulfone groups is 1. The van der Waals surface area contributed by atoms with Gasteiger partial charge in [0.2, 0.25) is 0 Å². The van der Waals surface area contributed by atoms with Crippen molar-refractivity contribution in [2.45, 2.75) is 39.2 Å². The molecule has 0 N–H and O–H groups in total. The summed E-state index contributed by atoms with van der Waals surface area (Å²) in [5, 5.41) is 0. The van der Waals surface area contributed by atoms with Crippen LogP contribution < -0.4 is 4.74 Å². The van der Waals surface area contributed by atoms with Crippen molar-refractivity contribution >= 4 is 21.5 Å². The second kappa shape index (κ2) is 8.78. The maximum atomic E-state index is 12.1. The highest BCUT2D eigenvalue weighted by Crippen LogP contribution is 2.25. The van der Waals surface area contributed by atoms with Crippen molar-refractivity contribution in [3.63, 3.8) is 0 Å². The second-order valence-electron chi connectivity index (χ2n) is 7.76. The van der Waals surface area contributed by atoms with Gasteiger partial charge in [0.05, 0.1) is 12.4 Å². The number of hydrogen-bond acceptors (Lipinski definition) is 5. The van der Waals surface area contributed by atoms with Crippen LogP contribution in [-0.2, 0) is 14.6 Å². The Morgan fingerprint density at radius 3 is 2.37 bits per heavy atom. The van der Waals surface area contributed by atoms with Gasteiger partial charge in [0.25, 0.3) is 0 Å². The van der Waals surface area contributed by atoms with Crippen molar-refractivity contribution in [2.24, 2.45) is 0 Å². The highest BCUT2D eigenvalue weighted by molar-refractivity contribution is 7.90. The van der Waals surface area contributed by atoms with Gasteiger partial charge in [0.15, 0.2) is 0 Å². The Kier molecular flexibility index (Phi) is 6.92. The Morgan fingerprint density at radius 2 is 1.85 bits per heavy atom. The SMILES string of the molecule is CC(C)(C)OC(=O)N1CC=C(c2ccc(OCCCS(C)(=O)=O)cc2)CC1. The zero-order valence-corrected chi connectivity index (χ0v) is 17.3. The molecule has 2 rings (SSSR count). The summed E-state index contributed by atoms with van der Waals surface area (Å²) >= 11 is 0. The maximum Gasteiger partial charge on any atom is 0.410 e. The molecule has 7 heteroatoms. The highest BCUT2D eigenvalue weighted by Gasteiger charge is 2.23. The van der Waals surface area contributed by atoms with Crippen LogP contribution in [0.4, 0.5) is 4.79 Å². The first-order valence-electron chi connectivity index (χ1n) is 9.11. The topological polar surface area (TPSA) is 72.9 Å². The first kappa shape index (κ1) is 21.3. The van der Waals surface area contributed by atoms with Gasteiger partial charge in [-0.2, -0.15) is 0 Å². The lowest BCUT2D eigenvalue weighted by Crippen LogP contribution is -2.39. The molecule has 150 valence electrons. The van der Waals surface area contributed by atoms with E-state index in [0.717, 1.165) is 17.7 Å². The van der Waals surface area contributed by atoms with Gasteiger partial charge < -0.3 is 14.4 Å². The normalized spacial score (nSPS) is 15.3. The van der Waals surface area contributed by atoms with Gasteiger partial charge in [0, 0.05) is 19.3 Å². The molecule has 0 aromatic heterocycles. The fraction of sp³-hybridized carbons (Fsp3) is 0.550. The molecule has 0 spiro atoms. The molecule has 0 fully saturated rings. The third-order valence-electron chi connectivity index (χ3n) is 4.01. The van der Waals surface area contributed by atoms with E-state index in [4.69, 9.17) is 9.47 Å². The maximum absolute atomic E-state index is 12.1. The monoisotopic (exact) mass is 395 g/mol. The average Bonchev–Trinajstić information content (AvgIpc) is 2.57. The molecule has 1 heterocycles. The van der Waals surface area contributed by atoms with Crippen LogP contribution in [0.2, 0.25) is 0 Å². The van der Waals surface area contributed by atoms with E-state index < -0.39 is 15.4 Å². The summed E-state index contributed by atoms with van der Waals surface area (Å²) in [5.74, 6) is 0.852. The molecule has 0 saturated carbocycles. The fourth-order valence-corrected chi connectivity index (χ4v) is 3.34. The number of carbonyl (C=O) groups excluding carboxylic acids is 1. The van der Waals surface area contributed by atoms with E-state index in [-0.39, 0.29) is 11.8 Å². The number of rotatable bonds is 6. The molecule has 1 amide bonds. The summed E-state index contributed by atoms with van der Waals surface area (Å²) in [6.07, 6.45) is 4.25. The van der Waals surface area contributed by atoms with Crippen molar-refractivity contribution in [2.75, 3.05) is 31.7 Å². The summed E-state index contributed by atoms with van der Waals surface area (Å²) in [6, 6.07) is 7.75. The van der Waals surface area contributed by atoms with E-state index in [0.29, 0.717) is 26.1 Å². The van der Waals surface area contributed by atoms with E-state index >= 15 is 0 Å². The third kappa shape index (κ3) is 7.62. The van der Waals surface area contributed by atoms with Crippen molar-refractivity contribution in [3.8, 4) is 5.75 Å². The lowest BCUT2D eigenvalue weighted by Gasteiger charge is -2.29. The van der Waals surface area contributed by atoms with Crippen LogP contribution in [0.25, 0.3) is 5.57 Å². The number of ether oxygens (including phenoxy) is 2. The van der Waals surface area contributed by atoms with Crippen molar-refractivity contribution in [1.29, 1.82) is 0 Å². The summed E-state index contributed by atoms with van der Waals surface area (Å²) < 4.78 is 33.2.